The molecule has 2 fully saturated rings. The van der Waals surface area contributed by atoms with Crippen molar-refractivity contribution in [1.82, 2.24) is 10.2 Å². The molecule has 2 aliphatic rings. The Morgan fingerprint density at radius 1 is 1.09 bits per heavy atom. The minimum atomic E-state index is -1.10. The fourth-order valence-electron chi connectivity index (χ4n) is 5.10. The van der Waals surface area contributed by atoms with Gasteiger partial charge in [-0.15, -0.1) is 11.8 Å². The minimum absolute atomic E-state index is 0.119. The van der Waals surface area contributed by atoms with Crippen LogP contribution in [0, 0.1) is 0 Å². The molecule has 2 aromatic carbocycles. The first-order chi connectivity index (χ1) is 20.4. The number of benzene rings is 2. The van der Waals surface area contributed by atoms with E-state index in [1.165, 1.54) is 40.9 Å². The van der Waals surface area contributed by atoms with Crippen LogP contribution in [0.15, 0.2) is 57.7 Å². The van der Waals surface area contributed by atoms with E-state index in [0.29, 0.717) is 10.9 Å². The molecule has 0 bridgehead atoms. The third kappa shape index (κ3) is 5.78. The van der Waals surface area contributed by atoms with Crippen LogP contribution in [0.1, 0.15) is 36.7 Å². The van der Waals surface area contributed by atoms with Crippen LogP contribution in [-0.2, 0) is 25.5 Å². The van der Waals surface area contributed by atoms with E-state index < -0.39 is 57.7 Å². The lowest BCUT2D eigenvalue weighted by Crippen LogP contribution is -2.70. The molecular formula is C29H27N3O10S. The van der Waals surface area contributed by atoms with E-state index >= 15 is 0 Å². The molecule has 2 saturated heterocycles. The van der Waals surface area contributed by atoms with Gasteiger partial charge in [-0.3, -0.25) is 14.4 Å². The van der Waals surface area contributed by atoms with Crippen LogP contribution >= 0.6 is 11.8 Å². The fourth-order valence-corrected chi connectivity index (χ4v) is 6.72. The summed E-state index contributed by atoms with van der Waals surface area (Å²) in [5.41, 5.74) is -0.393. The van der Waals surface area contributed by atoms with E-state index in [1.54, 1.807) is 45.0 Å². The Balaban J connectivity index is 1.29. The van der Waals surface area contributed by atoms with Gasteiger partial charge in [0.1, 0.15) is 34.4 Å². The summed E-state index contributed by atoms with van der Waals surface area (Å²) in [5.74, 6) is -2.75. The summed E-state index contributed by atoms with van der Waals surface area (Å²) in [7, 11) is 0. The van der Waals surface area contributed by atoms with E-state index in [0.717, 1.165) is 0 Å². The highest BCUT2D eigenvalue weighted by atomic mass is 32.2. The third-order valence-corrected chi connectivity index (χ3v) is 8.59. The van der Waals surface area contributed by atoms with Crippen molar-refractivity contribution in [2.75, 3.05) is 11.9 Å². The van der Waals surface area contributed by atoms with Gasteiger partial charge in [0, 0.05) is 15.8 Å². The third-order valence-electron chi connectivity index (χ3n) is 7.02. The molecule has 3 N–H and O–H groups in total. The first-order valence-electron chi connectivity index (χ1n) is 13.2. The Kier molecular flexibility index (Phi) is 7.88. The summed E-state index contributed by atoms with van der Waals surface area (Å²) in [6.07, 6.45) is -1.11. The van der Waals surface area contributed by atoms with Crippen LogP contribution in [0.3, 0.4) is 0 Å². The van der Waals surface area contributed by atoms with E-state index in [4.69, 9.17) is 13.9 Å². The standard InChI is InChI=1S/C29H27N3O10S/c1-4-40-28(39)41-16-9-10-19-15(11-16)12-17(27(38)42-19)23(34)30-18-8-6-5-7-14(18)13-20(33)31-21-24(35)32-22(26(36)37)29(2,3)43-25(21)32/h5-12,21-22,25H,4,13H2,1-3H3,(H,30,34)(H,31,33)(H,36,37)/t21?,22-,25+/m0/s1. The number of anilines is 1. The first-order valence-corrected chi connectivity index (χ1v) is 14.1. The Labute approximate surface area is 248 Å². The molecule has 0 radical (unpaired) electrons. The molecule has 0 spiro atoms. The van der Waals surface area contributed by atoms with Crippen molar-refractivity contribution in [3.63, 3.8) is 0 Å². The van der Waals surface area contributed by atoms with E-state index in [9.17, 15) is 33.9 Å². The van der Waals surface area contributed by atoms with Gasteiger partial charge in [0.05, 0.1) is 13.0 Å². The predicted octanol–water partition coefficient (Wildman–Crippen LogP) is 2.75. The molecule has 1 unspecified atom stereocenters. The van der Waals surface area contributed by atoms with Crippen LogP contribution in [0.25, 0.3) is 11.0 Å². The number of carbonyl (C=O) groups excluding carboxylic acids is 4. The van der Waals surface area contributed by atoms with Gasteiger partial charge in [-0.25, -0.2) is 14.4 Å². The molecule has 224 valence electrons. The summed E-state index contributed by atoms with van der Waals surface area (Å²) in [4.78, 5) is 76.1. The lowest BCUT2D eigenvalue weighted by Gasteiger charge is -2.43. The second-order valence-corrected chi connectivity index (χ2v) is 12.1. The number of rotatable bonds is 8. The van der Waals surface area contributed by atoms with Gasteiger partial charge in [0.15, 0.2) is 0 Å². The summed E-state index contributed by atoms with van der Waals surface area (Å²) >= 11 is 1.31. The monoisotopic (exact) mass is 609 g/mol. The number of nitrogens with zero attached hydrogens (tertiary/aromatic N) is 1. The smallest absolute Gasteiger partial charge is 0.480 e. The van der Waals surface area contributed by atoms with Crippen LogP contribution in [0.4, 0.5) is 10.5 Å². The maximum atomic E-state index is 13.1. The highest BCUT2D eigenvalue weighted by Crippen LogP contribution is 2.50. The van der Waals surface area contributed by atoms with Gasteiger partial charge < -0.3 is 34.5 Å². The first kappa shape index (κ1) is 29.6. The molecule has 14 heteroatoms. The predicted molar refractivity (Wildman–Crippen MR) is 154 cm³/mol. The van der Waals surface area contributed by atoms with Crippen molar-refractivity contribution >= 4 is 58.3 Å². The minimum Gasteiger partial charge on any atom is -0.480 e. The highest BCUT2D eigenvalue weighted by Gasteiger charge is 2.64. The number of nitrogens with one attached hydrogen (secondary N) is 2. The summed E-state index contributed by atoms with van der Waals surface area (Å²) in [6.45, 7) is 5.23. The second-order valence-electron chi connectivity index (χ2n) is 10.4. The largest absolute Gasteiger partial charge is 0.513 e. The van der Waals surface area contributed by atoms with Gasteiger partial charge in [0.25, 0.3) is 5.91 Å². The van der Waals surface area contributed by atoms with Gasteiger partial charge >= 0.3 is 17.8 Å². The lowest BCUT2D eigenvalue weighted by molar-refractivity contribution is -0.161. The molecule has 5 rings (SSSR count). The topological polar surface area (TPSA) is 182 Å². The quantitative estimate of drug-likeness (QED) is 0.148. The van der Waals surface area contributed by atoms with Crippen molar-refractivity contribution < 1.29 is 43.0 Å². The molecule has 3 atom stereocenters. The SMILES string of the molecule is CCOC(=O)Oc1ccc2oc(=O)c(C(=O)Nc3ccccc3CC(=O)NC3C(=O)N4[C@@H]3SC(C)(C)[C@@H]4C(=O)O)cc2c1. The average Bonchev–Trinajstić information content (AvgIpc) is 3.20. The summed E-state index contributed by atoms with van der Waals surface area (Å²) in [6, 6.07) is 10.1. The number of β-lactam (4-membered cyclic amide) rings is 1. The van der Waals surface area contributed by atoms with Crippen molar-refractivity contribution in [2.45, 2.75) is 49.4 Å². The lowest BCUT2D eigenvalue weighted by atomic mass is 9.96. The summed E-state index contributed by atoms with van der Waals surface area (Å²) in [5, 5.41) is 14.7. The number of amides is 3. The van der Waals surface area contributed by atoms with Crippen molar-refractivity contribution in [3.05, 3.63) is 70.1 Å². The van der Waals surface area contributed by atoms with Crippen LogP contribution < -0.4 is 21.0 Å². The highest BCUT2D eigenvalue weighted by molar-refractivity contribution is 8.01. The number of ether oxygens (including phenoxy) is 2. The maximum Gasteiger partial charge on any atom is 0.513 e. The number of thioether (sulfide) groups is 1. The molecule has 2 aliphatic heterocycles. The molecular weight excluding hydrogens is 582 g/mol. The number of aliphatic carboxylic acids is 1. The fraction of sp³-hybridized carbons (Fsp3) is 0.310. The number of carbonyl (C=O) groups is 5. The maximum absolute atomic E-state index is 13.1. The molecule has 3 amide bonds. The molecule has 0 aliphatic carbocycles. The van der Waals surface area contributed by atoms with Gasteiger partial charge in [-0.2, -0.15) is 0 Å². The molecule has 3 aromatic rings. The van der Waals surface area contributed by atoms with E-state index in [1.807, 2.05) is 0 Å². The van der Waals surface area contributed by atoms with Crippen molar-refractivity contribution in [1.29, 1.82) is 0 Å². The van der Waals surface area contributed by atoms with Gasteiger partial charge in [-0.1, -0.05) is 18.2 Å². The van der Waals surface area contributed by atoms with Crippen molar-refractivity contribution in [2.24, 2.45) is 0 Å². The number of carboxylic acids is 1. The normalized spacial score (nSPS) is 20.1. The zero-order valence-electron chi connectivity index (χ0n) is 23.2. The molecule has 1 aromatic heterocycles. The Bertz CT molecular complexity index is 1720. The zero-order chi connectivity index (χ0) is 31.1. The molecule has 0 saturated carbocycles. The van der Waals surface area contributed by atoms with Gasteiger partial charge in [0.2, 0.25) is 11.8 Å². The number of carboxylic acid groups (broad SMARTS) is 1. The molecule has 13 nitrogen and oxygen atoms in total. The Morgan fingerprint density at radius 3 is 2.56 bits per heavy atom. The number of hydrogen-bond donors (Lipinski definition) is 3. The van der Waals surface area contributed by atoms with E-state index in [2.05, 4.69) is 10.6 Å². The van der Waals surface area contributed by atoms with Gasteiger partial charge in [-0.05, 0) is 56.7 Å². The average molecular weight is 610 g/mol. The molecule has 43 heavy (non-hydrogen) atoms. The van der Waals surface area contributed by atoms with Crippen molar-refractivity contribution in [3.8, 4) is 5.75 Å². The molecule has 3 heterocycles. The number of para-hydroxylation sites is 1. The Hall–Kier alpha value is -4.85. The van der Waals surface area contributed by atoms with Crippen LogP contribution in [-0.4, -0.2) is 68.7 Å². The number of fused-ring (bicyclic) bond motifs is 2. The number of hydrogen-bond acceptors (Lipinski definition) is 10. The Morgan fingerprint density at radius 2 is 1.84 bits per heavy atom. The zero-order valence-corrected chi connectivity index (χ0v) is 24.1. The van der Waals surface area contributed by atoms with Crippen LogP contribution in [0.5, 0.6) is 5.75 Å². The van der Waals surface area contributed by atoms with Crippen LogP contribution in [0.2, 0.25) is 0 Å². The summed E-state index contributed by atoms with van der Waals surface area (Å²) < 4.78 is 14.4. The van der Waals surface area contributed by atoms with E-state index in [-0.39, 0.29) is 35.6 Å². The second kappa shape index (κ2) is 11.4.